The lowest BCUT2D eigenvalue weighted by molar-refractivity contribution is 0.0697. The van der Waals surface area contributed by atoms with E-state index in [9.17, 15) is 4.79 Å². The highest BCUT2D eigenvalue weighted by atomic mass is 16.5. The molecule has 16 heavy (non-hydrogen) atoms. The highest BCUT2D eigenvalue weighted by Gasteiger charge is 2.12. The van der Waals surface area contributed by atoms with Gasteiger partial charge in [0.15, 0.2) is 0 Å². The molecule has 0 amide bonds. The Kier molecular flexibility index (Phi) is 2.44. The van der Waals surface area contributed by atoms with E-state index >= 15 is 0 Å². The minimum Gasteiger partial charge on any atom is -0.478 e. The number of aryl methyl sites for hydroxylation is 2. The van der Waals surface area contributed by atoms with Crippen LogP contribution in [0.5, 0.6) is 0 Å². The molecule has 1 aromatic heterocycles. The minimum atomic E-state index is -0.971. The molecule has 0 aliphatic carbocycles. The maximum absolute atomic E-state index is 10.8. The fraction of sp³-hybridized carbons (Fsp3) is 0.182. The predicted molar refractivity (Wildman–Crippen MR) is 56.2 cm³/mol. The topological polar surface area (TPSA) is 76.2 Å². The number of carboxylic acids is 1. The first-order valence-electron chi connectivity index (χ1n) is 4.72. The van der Waals surface area contributed by atoms with Gasteiger partial charge >= 0.3 is 5.97 Å². The normalized spacial score (nSPS) is 10.4. The number of hydrogen-bond acceptors (Lipinski definition) is 4. The van der Waals surface area contributed by atoms with Crippen molar-refractivity contribution < 1.29 is 14.4 Å². The van der Waals surface area contributed by atoms with Gasteiger partial charge in [0.25, 0.3) is 0 Å². The molecule has 1 N–H and O–H groups in total. The molecular weight excluding hydrogens is 208 g/mol. The van der Waals surface area contributed by atoms with Gasteiger partial charge in [0, 0.05) is 12.5 Å². The average molecular weight is 218 g/mol. The molecule has 82 valence electrons. The van der Waals surface area contributed by atoms with Gasteiger partial charge < -0.3 is 9.63 Å². The van der Waals surface area contributed by atoms with Gasteiger partial charge in [0.1, 0.15) is 0 Å². The molecular formula is C11H10N2O3. The molecule has 2 rings (SSSR count). The summed E-state index contributed by atoms with van der Waals surface area (Å²) in [6.45, 7) is 3.56. The molecule has 0 radical (unpaired) electrons. The van der Waals surface area contributed by atoms with E-state index in [-0.39, 0.29) is 5.56 Å². The number of aromatic carboxylic acids is 1. The smallest absolute Gasteiger partial charge is 0.335 e. The summed E-state index contributed by atoms with van der Waals surface area (Å²) in [5.41, 5.74) is 1.80. The Morgan fingerprint density at radius 1 is 1.38 bits per heavy atom. The van der Waals surface area contributed by atoms with Crippen LogP contribution in [0.15, 0.2) is 22.7 Å². The van der Waals surface area contributed by atoms with E-state index in [2.05, 4.69) is 10.1 Å². The maximum atomic E-state index is 10.8. The summed E-state index contributed by atoms with van der Waals surface area (Å²) in [6.07, 6.45) is 0. The monoisotopic (exact) mass is 218 g/mol. The zero-order valence-electron chi connectivity index (χ0n) is 8.89. The zero-order valence-corrected chi connectivity index (χ0v) is 8.89. The molecule has 0 spiro atoms. The largest absolute Gasteiger partial charge is 0.478 e. The van der Waals surface area contributed by atoms with Crippen LogP contribution in [0.3, 0.4) is 0 Å². The van der Waals surface area contributed by atoms with Crippen molar-refractivity contribution in [3.05, 3.63) is 35.2 Å². The molecule has 0 aliphatic heterocycles. The van der Waals surface area contributed by atoms with E-state index in [0.717, 1.165) is 5.56 Å². The number of carbonyl (C=O) groups is 1. The minimum absolute atomic E-state index is 0.211. The van der Waals surface area contributed by atoms with Crippen LogP contribution >= 0.6 is 0 Å². The van der Waals surface area contributed by atoms with Gasteiger partial charge in [-0.25, -0.2) is 4.79 Å². The van der Waals surface area contributed by atoms with Crippen molar-refractivity contribution in [1.29, 1.82) is 0 Å². The molecule has 1 aromatic carbocycles. The van der Waals surface area contributed by atoms with Gasteiger partial charge in [-0.05, 0) is 24.6 Å². The van der Waals surface area contributed by atoms with Crippen LogP contribution in [0.1, 0.15) is 21.8 Å². The Bertz CT molecular complexity index is 546. The third kappa shape index (κ3) is 1.79. The fourth-order valence-corrected chi connectivity index (χ4v) is 1.40. The first-order valence-corrected chi connectivity index (χ1v) is 4.72. The number of nitrogens with zero attached hydrogens (tertiary/aromatic N) is 2. The molecule has 5 nitrogen and oxygen atoms in total. The van der Waals surface area contributed by atoms with Crippen LogP contribution in [0.4, 0.5) is 0 Å². The van der Waals surface area contributed by atoms with Gasteiger partial charge in [-0.2, -0.15) is 4.98 Å². The molecule has 5 heteroatoms. The van der Waals surface area contributed by atoms with Crippen molar-refractivity contribution in [3.63, 3.8) is 0 Å². The Hall–Kier alpha value is -2.17. The van der Waals surface area contributed by atoms with Gasteiger partial charge in [-0.15, -0.1) is 0 Å². The number of carboxylic acid groups (broad SMARTS) is 1. The van der Waals surface area contributed by atoms with Crippen LogP contribution in [-0.4, -0.2) is 21.2 Å². The van der Waals surface area contributed by atoms with Gasteiger partial charge in [-0.3, -0.25) is 0 Å². The van der Waals surface area contributed by atoms with Crippen molar-refractivity contribution in [2.75, 3.05) is 0 Å². The second-order valence-corrected chi connectivity index (χ2v) is 3.47. The van der Waals surface area contributed by atoms with E-state index in [1.54, 1.807) is 25.1 Å². The highest BCUT2D eigenvalue weighted by molar-refractivity contribution is 5.89. The molecule has 0 atom stereocenters. The molecule has 2 aromatic rings. The van der Waals surface area contributed by atoms with Crippen molar-refractivity contribution >= 4 is 5.97 Å². The van der Waals surface area contributed by atoms with Crippen LogP contribution < -0.4 is 0 Å². The lowest BCUT2D eigenvalue weighted by Gasteiger charge is -2.02. The van der Waals surface area contributed by atoms with Crippen LogP contribution in [0.2, 0.25) is 0 Å². The predicted octanol–water partition coefficient (Wildman–Crippen LogP) is 2.05. The average Bonchev–Trinajstić information content (AvgIpc) is 2.65. The molecule has 0 saturated carbocycles. The standard InChI is InChI=1S/C11H10N2O3/c1-6-3-4-8(11(14)15)5-9(6)10-12-7(2)16-13-10/h3-5H,1-2H3,(H,14,15). The molecule has 0 saturated heterocycles. The zero-order chi connectivity index (χ0) is 11.7. The van der Waals surface area contributed by atoms with E-state index in [1.807, 2.05) is 6.92 Å². The summed E-state index contributed by atoms with van der Waals surface area (Å²) in [5.74, 6) is -0.102. The summed E-state index contributed by atoms with van der Waals surface area (Å²) >= 11 is 0. The van der Waals surface area contributed by atoms with E-state index in [1.165, 1.54) is 0 Å². The van der Waals surface area contributed by atoms with Gasteiger partial charge in [-0.1, -0.05) is 11.2 Å². The van der Waals surface area contributed by atoms with E-state index in [0.29, 0.717) is 17.3 Å². The first-order chi connectivity index (χ1) is 7.58. The van der Waals surface area contributed by atoms with Crippen molar-refractivity contribution in [2.24, 2.45) is 0 Å². The Balaban J connectivity index is 2.55. The second kappa shape index (κ2) is 3.77. The van der Waals surface area contributed by atoms with Crippen molar-refractivity contribution in [3.8, 4) is 11.4 Å². The summed E-state index contributed by atoms with van der Waals surface area (Å²) in [5, 5.41) is 12.7. The molecule has 0 bridgehead atoms. The van der Waals surface area contributed by atoms with Crippen LogP contribution in [-0.2, 0) is 0 Å². The lowest BCUT2D eigenvalue weighted by Crippen LogP contribution is -1.97. The lowest BCUT2D eigenvalue weighted by atomic mass is 10.0. The Labute approximate surface area is 91.7 Å². The second-order valence-electron chi connectivity index (χ2n) is 3.47. The van der Waals surface area contributed by atoms with Crippen LogP contribution in [0.25, 0.3) is 11.4 Å². The van der Waals surface area contributed by atoms with Crippen molar-refractivity contribution in [2.45, 2.75) is 13.8 Å². The summed E-state index contributed by atoms with van der Waals surface area (Å²) < 4.78 is 4.87. The Morgan fingerprint density at radius 2 is 2.12 bits per heavy atom. The number of rotatable bonds is 2. The summed E-state index contributed by atoms with van der Waals surface area (Å²) in [6, 6.07) is 4.82. The molecule has 0 fully saturated rings. The molecule has 0 aliphatic rings. The third-order valence-electron chi connectivity index (χ3n) is 2.25. The first kappa shape index (κ1) is 10.4. The van der Waals surface area contributed by atoms with Gasteiger partial charge in [0.05, 0.1) is 5.56 Å². The number of benzene rings is 1. The quantitative estimate of drug-likeness (QED) is 0.834. The van der Waals surface area contributed by atoms with E-state index in [4.69, 9.17) is 9.63 Å². The van der Waals surface area contributed by atoms with Crippen molar-refractivity contribution in [1.82, 2.24) is 10.1 Å². The summed E-state index contributed by atoms with van der Waals surface area (Å²) in [4.78, 5) is 14.9. The number of hydrogen-bond donors (Lipinski definition) is 1. The maximum Gasteiger partial charge on any atom is 0.335 e. The SMILES string of the molecule is Cc1nc(-c2cc(C(=O)O)ccc2C)no1. The molecule has 0 unspecified atom stereocenters. The fourth-order valence-electron chi connectivity index (χ4n) is 1.40. The highest BCUT2D eigenvalue weighted by Crippen LogP contribution is 2.21. The van der Waals surface area contributed by atoms with Crippen LogP contribution in [0, 0.1) is 13.8 Å². The number of aromatic nitrogens is 2. The Morgan fingerprint density at radius 3 is 2.69 bits per heavy atom. The van der Waals surface area contributed by atoms with E-state index < -0.39 is 5.97 Å². The van der Waals surface area contributed by atoms with Gasteiger partial charge in [0.2, 0.25) is 11.7 Å². The molecule has 1 heterocycles. The summed E-state index contributed by atoms with van der Waals surface area (Å²) in [7, 11) is 0. The third-order valence-corrected chi connectivity index (χ3v) is 2.25.